The summed E-state index contributed by atoms with van der Waals surface area (Å²) in [6.07, 6.45) is -10.7. The summed E-state index contributed by atoms with van der Waals surface area (Å²) in [5.74, 6) is -1.24. The van der Waals surface area contributed by atoms with E-state index < -0.39 is 71.0 Å². The highest BCUT2D eigenvalue weighted by Crippen LogP contribution is 2.39. The summed E-state index contributed by atoms with van der Waals surface area (Å²) in [5.41, 5.74) is 0.0394. The Bertz CT molecular complexity index is 1360. The van der Waals surface area contributed by atoms with E-state index in [1.165, 1.54) is 29.2 Å². The number of benzene rings is 2. The van der Waals surface area contributed by atoms with Crippen LogP contribution in [-0.4, -0.2) is 51.4 Å². The Morgan fingerprint density at radius 1 is 0.977 bits per heavy atom. The minimum Gasteiger partial charge on any atom is -0.465 e. The second kappa shape index (κ2) is 12.1. The number of halogens is 6. The van der Waals surface area contributed by atoms with Crippen LogP contribution in [0.4, 0.5) is 41.6 Å². The molecule has 4 N–H and O–H groups in total. The number of amides is 4. The normalized spacial score (nSPS) is 17.3. The van der Waals surface area contributed by atoms with E-state index in [4.69, 9.17) is 9.90 Å². The topological polar surface area (TPSA) is 133 Å². The number of hydrogen-bond donors (Lipinski definition) is 3. The fourth-order valence-corrected chi connectivity index (χ4v) is 4.59. The maximum atomic E-state index is 14.0. The summed E-state index contributed by atoms with van der Waals surface area (Å²) in [7, 11) is 0. The molecule has 0 saturated heterocycles. The average molecular weight is 617 g/mol. The number of ketones is 1. The van der Waals surface area contributed by atoms with E-state index in [0.29, 0.717) is 25.0 Å². The van der Waals surface area contributed by atoms with Gasteiger partial charge in [0.2, 0.25) is 0 Å². The molecule has 0 aromatic heterocycles. The maximum absolute atomic E-state index is 14.0. The number of para-hydroxylation sites is 1. The minimum absolute atomic E-state index is 0.0136. The Kier molecular flexibility index (Phi) is 9.37. The minimum atomic E-state index is -5.07. The van der Waals surface area contributed by atoms with E-state index in [1.807, 2.05) is 0 Å². The van der Waals surface area contributed by atoms with Crippen LogP contribution in [0.15, 0.2) is 42.5 Å². The number of alkyl halides is 6. The number of Topliss-reactive ketones (excluding diaryl/α,β-unsaturated/α-hetero) is 1. The molecule has 234 valence electrons. The highest BCUT2D eigenvalue weighted by atomic mass is 19.4. The summed E-state index contributed by atoms with van der Waals surface area (Å²) in [4.78, 5) is 51.5. The van der Waals surface area contributed by atoms with Gasteiger partial charge in [0.25, 0.3) is 5.91 Å². The number of fused-ring (bicyclic) bond motifs is 1. The van der Waals surface area contributed by atoms with E-state index in [9.17, 15) is 40.7 Å². The lowest BCUT2D eigenvalue weighted by Crippen LogP contribution is -2.57. The largest absolute Gasteiger partial charge is 0.465 e. The van der Waals surface area contributed by atoms with Gasteiger partial charge in [-0.2, -0.15) is 26.3 Å². The number of anilines is 1. The number of carboxylic acid groups (broad SMARTS) is 1. The van der Waals surface area contributed by atoms with Gasteiger partial charge in [-0.1, -0.05) is 12.1 Å². The molecular formula is C28H30F6N4O5. The molecule has 2 aliphatic rings. The lowest BCUT2D eigenvalue weighted by molar-refractivity contribution is -0.143. The van der Waals surface area contributed by atoms with Gasteiger partial charge in [-0.15, -0.1) is 0 Å². The quantitative estimate of drug-likeness (QED) is 0.373. The number of nitrogens with two attached hydrogens (primary N) is 1. The van der Waals surface area contributed by atoms with Gasteiger partial charge in [0, 0.05) is 23.6 Å². The first-order valence-electron chi connectivity index (χ1n) is 13.0. The first-order chi connectivity index (χ1) is 19.7. The van der Waals surface area contributed by atoms with Crippen LogP contribution in [0.3, 0.4) is 0 Å². The van der Waals surface area contributed by atoms with Crippen LogP contribution in [-0.2, 0) is 23.7 Å². The van der Waals surface area contributed by atoms with E-state index in [0.717, 1.165) is 4.90 Å². The Morgan fingerprint density at radius 2 is 1.49 bits per heavy atom. The van der Waals surface area contributed by atoms with Crippen molar-refractivity contribution < 1.29 is 50.6 Å². The molecule has 1 aliphatic heterocycles. The van der Waals surface area contributed by atoms with Gasteiger partial charge in [0.1, 0.15) is 6.04 Å². The molecule has 0 spiro atoms. The number of carbonyl (C=O) groups excluding carboxylic acids is 3. The number of rotatable bonds is 4. The van der Waals surface area contributed by atoms with Crippen LogP contribution in [0, 0.1) is 0 Å². The van der Waals surface area contributed by atoms with Crippen molar-refractivity contribution in [2.75, 3.05) is 4.90 Å². The predicted molar refractivity (Wildman–Crippen MR) is 142 cm³/mol. The van der Waals surface area contributed by atoms with Crippen molar-refractivity contribution in [1.29, 1.82) is 0 Å². The van der Waals surface area contributed by atoms with Gasteiger partial charge in [0.15, 0.2) is 5.78 Å². The molecule has 4 rings (SSSR count). The molecule has 9 nitrogen and oxygen atoms in total. The highest BCUT2D eigenvalue weighted by Gasteiger charge is 2.46. The summed E-state index contributed by atoms with van der Waals surface area (Å²) >= 11 is 0. The first-order valence-corrected chi connectivity index (χ1v) is 13.0. The third-order valence-electron chi connectivity index (χ3n) is 6.41. The molecule has 1 saturated carbocycles. The molecular weight excluding hydrogens is 586 g/mol. The van der Waals surface area contributed by atoms with Crippen molar-refractivity contribution in [1.82, 2.24) is 10.2 Å². The first kappa shape index (κ1) is 33.2. The van der Waals surface area contributed by atoms with Gasteiger partial charge in [-0.05, 0) is 69.5 Å². The molecule has 1 fully saturated rings. The van der Waals surface area contributed by atoms with Crippen molar-refractivity contribution in [2.24, 2.45) is 5.73 Å². The Morgan fingerprint density at radius 3 is 1.95 bits per heavy atom. The van der Waals surface area contributed by atoms with Gasteiger partial charge in [0.05, 0.1) is 23.4 Å². The molecule has 2 aromatic rings. The summed E-state index contributed by atoms with van der Waals surface area (Å²) < 4.78 is 80.9. The van der Waals surface area contributed by atoms with E-state index in [2.05, 4.69) is 11.1 Å². The lowest BCUT2D eigenvalue weighted by Gasteiger charge is -2.35. The molecule has 1 atom stereocenters. The van der Waals surface area contributed by atoms with Crippen LogP contribution in [0.5, 0.6) is 0 Å². The molecule has 4 amide bonds. The maximum Gasteiger partial charge on any atom is 0.416 e. The molecule has 0 unspecified atom stereocenters. The van der Waals surface area contributed by atoms with Crippen molar-refractivity contribution in [3.63, 3.8) is 0 Å². The van der Waals surface area contributed by atoms with Crippen molar-refractivity contribution in [3.8, 4) is 0 Å². The summed E-state index contributed by atoms with van der Waals surface area (Å²) in [6, 6.07) is 4.79. The molecule has 0 bridgehead atoms. The van der Waals surface area contributed by atoms with Crippen LogP contribution in [0.2, 0.25) is 0 Å². The SMILES string of the molecule is CC(C)(C)NC(=O)N(C1CC1)[C@@H]1CC(=O)c2ccccc2N(Cc2cc(C(F)(F)F)cc(C(F)(F)F)c2)C1=O.NC(=O)O. The van der Waals surface area contributed by atoms with Crippen LogP contribution < -0.4 is 16.0 Å². The van der Waals surface area contributed by atoms with Crippen molar-refractivity contribution in [3.05, 3.63) is 64.7 Å². The number of carbonyl (C=O) groups is 4. The zero-order chi connectivity index (χ0) is 32.5. The molecule has 43 heavy (non-hydrogen) atoms. The summed E-state index contributed by atoms with van der Waals surface area (Å²) in [5, 5.41) is 9.98. The Labute approximate surface area is 242 Å². The zero-order valence-corrected chi connectivity index (χ0v) is 23.3. The molecule has 1 aliphatic carbocycles. The molecule has 1 heterocycles. The number of hydrogen-bond acceptors (Lipinski definition) is 4. The number of urea groups is 1. The lowest BCUT2D eigenvalue weighted by atomic mass is 10.0. The van der Waals surface area contributed by atoms with E-state index in [-0.39, 0.29) is 29.8 Å². The second-order valence-electron chi connectivity index (χ2n) is 11.2. The average Bonchev–Trinajstić information content (AvgIpc) is 3.69. The highest BCUT2D eigenvalue weighted by molar-refractivity contribution is 6.12. The fraction of sp³-hybridized carbons (Fsp3) is 0.429. The Hall–Kier alpha value is -4.30. The van der Waals surface area contributed by atoms with Crippen LogP contribution >= 0.6 is 0 Å². The number of primary amides is 1. The molecule has 15 heteroatoms. The standard InChI is InChI=1S/C27H27F6N3O3.CH3NO2/c1-25(2,3)34-24(39)36(18-8-9-18)21-13-22(37)19-6-4-5-7-20(19)35(23(21)38)14-15-10-16(26(28,29)30)12-17(11-15)27(31,32)33;2-1(3)4/h4-7,10-12,18,21H,8-9,13-14H2,1-3H3,(H,34,39);2H2,(H,3,4)/t21-;/m1./s1. The van der Waals surface area contributed by atoms with E-state index >= 15 is 0 Å². The third kappa shape index (κ3) is 8.61. The zero-order valence-electron chi connectivity index (χ0n) is 23.3. The van der Waals surface area contributed by atoms with Gasteiger partial charge in [-0.25, -0.2) is 9.59 Å². The monoisotopic (exact) mass is 616 g/mol. The van der Waals surface area contributed by atoms with Crippen LogP contribution in [0.25, 0.3) is 0 Å². The van der Waals surface area contributed by atoms with Crippen molar-refractivity contribution in [2.45, 2.75) is 76.6 Å². The smallest absolute Gasteiger partial charge is 0.416 e. The van der Waals surface area contributed by atoms with Gasteiger partial charge >= 0.3 is 24.5 Å². The molecule has 2 aromatic carbocycles. The Balaban J connectivity index is 0.00000119. The van der Waals surface area contributed by atoms with Gasteiger partial charge < -0.3 is 26.0 Å². The van der Waals surface area contributed by atoms with Crippen molar-refractivity contribution >= 4 is 29.5 Å². The van der Waals surface area contributed by atoms with E-state index in [1.54, 1.807) is 20.8 Å². The fourth-order valence-electron chi connectivity index (χ4n) is 4.59. The number of nitrogens with zero attached hydrogens (tertiary/aromatic N) is 2. The van der Waals surface area contributed by atoms with Crippen LogP contribution in [0.1, 0.15) is 67.1 Å². The molecule has 0 radical (unpaired) electrons. The van der Waals surface area contributed by atoms with Gasteiger partial charge in [-0.3, -0.25) is 9.59 Å². The second-order valence-corrected chi connectivity index (χ2v) is 11.2. The predicted octanol–water partition coefficient (Wildman–Crippen LogP) is 5.81. The number of nitrogens with one attached hydrogen (secondary N) is 1. The summed E-state index contributed by atoms with van der Waals surface area (Å²) in [6.45, 7) is 4.55. The third-order valence-corrected chi connectivity index (χ3v) is 6.41.